The van der Waals surface area contributed by atoms with Crippen molar-refractivity contribution in [2.45, 2.75) is 39.3 Å². The maximum atomic E-state index is 12.1. The van der Waals surface area contributed by atoms with Crippen molar-refractivity contribution in [1.82, 2.24) is 4.90 Å². The van der Waals surface area contributed by atoms with E-state index in [1.54, 1.807) is 25.4 Å². The van der Waals surface area contributed by atoms with Crippen LogP contribution in [-0.2, 0) is 4.74 Å². The van der Waals surface area contributed by atoms with Crippen LogP contribution in [-0.4, -0.2) is 35.4 Å². The molecule has 1 N–H and O–H groups in total. The van der Waals surface area contributed by atoms with Crippen LogP contribution < -0.4 is 0 Å². The summed E-state index contributed by atoms with van der Waals surface area (Å²) < 4.78 is 10.7. The van der Waals surface area contributed by atoms with Crippen LogP contribution in [0.3, 0.4) is 0 Å². The summed E-state index contributed by atoms with van der Waals surface area (Å²) in [5.74, 6) is 0.485. The van der Waals surface area contributed by atoms with E-state index in [4.69, 9.17) is 9.15 Å². The van der Waals surface area contributed by atoms with E-state index in [2.05, 4.69) is 0 Å². The van der Waals surface area contributed by atoms with Crippen molar-refractivity contribution in [2.24, 2.45) is 5.92 Å². The molecule has 2 atom stereocenters. The van der Waals surface area contributed by atoms with Gasteiger partial charge >= 0.3 is 6.09 Å². The first-order valence-corrected chi connectivity index (χ1v) is 6.36. The highest BCUT2D eigenvalue weighted by Gasteiger charge is 2.31. The van der Waals surface area contributed by atoms with Crippen LogP contribution in [0.15, 0.2) is 22.8 Å². The maximum absolute atomic E-state index is 12.1. The number of aliphatic hydroxyl groups is 1. The van der Waals surface area contributed by atoms with E-state index in [9.17, 15) is 9.90 Å². The van der Waals surface area contributed by atoms with Gasteiger partial charge in [-0.1, -0.05) is 6.92 Å². The van der Waals surface area contributed by atoms with E-state index < -0.39 is 11.7 Å². The number of amides is 1. The number of hydrogen-bond donors (Lipinski definition) is 1. The molecule has 0 radical (unpaired) electrons. The number of carbonyl (C=O) groups is 1. The van der Waals surface area contributed by atoms with Gasteiger partial charge in [0, 0.05) is 19.6 Å². The number of ether oxygens (including phenoxy) is 1. The second-order valence-electron chi connectivity index (χ2n) is 5.71. The topological polar surface area (TPSA) is 62.9 Å². The van der Waals surface area contributed by atoms with Crippen molar-refractivity contribution in [3.8, 4) is 0 Å². The van der Waals surface area contributed by atoms with Gasteiger partial charge in [-0.15, -0.1) is 0 Å². The number of aliphatic hydroxyl groups excluding tert-OH is 1. The van der Waals surface area contributed by atoms with E-state index in [0.717, 1.165) is 0 Å². The van der Waals surface area contributed by atoms with Crippen molar-refractivity contribution in [1.29, 1.82) is 0 Å². The lowest BCUT2D eigenvalue weighted by Crippen LogP contribution is -2.39. The van der Waals surface area contributed by atoms with Crippen LogP contribution in [0.25, 0.3) is 0 Å². The lowest BCUT2D eigenvalue weighted by Gasteiger charge is -2.32. The van der Waals surface area contributed by atoms with Gasteiger partial charge in [0.1, 0.15) is 11.4 Å². The van der Waals surface area contributed by atoms with Gasteiger partial charge in [0.05, 0.1) is 12.3 Å². The van der Waals surface area contributed by atoms with Gasteiger partial charge in [-0.3, -0.25) is 0 Å². The monoisotopic (exact) mass is 269 g/mol. The van der Waals surface area contributed by atoms with Crippen molar-refractivity contribution < 1.29 is 19.1 Å². The summed E-state index contributed by atoms with van der Waals surface area (Å²) in [6, 6.07) is 3.20. The SMILES string of the molecule is C[C@H](CO)[C@@H](c1ccco1)N(C)C(=O)OC(C)(C)C. The molecule has 5 nitrogen and oxygen atoms in total. The van der Waals surface area contributed by atoms with Gasteiger partial charge in [0.25, 0.3) is 0 Å². The summed E-state index contributed by atoms with van der Waals surface area (Å²) in [7, 11) is 1.65. The molecule has 0 aromatic carbocycles. The summed E-state index contributed by atoms with van der Waals surface area (Å²) in [5, 5.41) is 9.35. The normalized spacial score (nSPS) is 14.8. The molecular weight excluding hydrogens is 246 g/mol. The highest BCUT2D eigenvalue weighted by Crippen LogP contribution is 2.29. The van der Waals surface area contributed by atoms with Crippen molar-refractivity contribution in [3.05, 3.63) is 24.2 Å². The zero-order valence-corrected chi connectivity index (χ0v) is 12.2. The van der Waals surface area contributed by atoms with Crippen LogP contribution in [0.1, 0.15) is 39.5 Å². The fraction of sp³-hybridized carbons (Fsp3) is 0.643. The van der Waals surface area contributed by atoms with Crippen LogP contribution >= 0.6 is 0 Å². The van der Waals surface area contributed by atoms with Crippen LogP contribution in [0.4, 0.5) is 4.79 Å². The molecule has 0 unspecified atom stereocenters. The Morgan fingerprint density at radius 2 is 2.16 bits per heavy atom. The molecule has 0 bridgehead atoms. The first kappa shape index (κ1) is 15.6. The molecule has 0 saturated carbocycles. The third-order valence-electron chi connectivity index (χ3n) is 2.76. The third kappa shape index (κ3) is 4.28. The lowest BCUT2D eigenvalue weighted by atomic mass is 9.99. The summed E-state index contributed by atoms with van der Waals surface area (Å²) in [6.07, 6.45) is 1.12. The Morgan fingerprint density at radius 1 is 1.53 bits per heavy atom. The minimum absolute atomic E-state index is 0.0432. The molecule has 0 aliphatic rings. The number of carbonyl (C=O) groups excluding carboxylic acids is 1. The highest BCUT2D eigenvalue weighted by atomic mass is 16.6. The van der Waals surface area contributed by atoms with Gasteiger partial charge in [-0.05, 0) is 32.9 Å². The average molecular weight is 269 g/mol. The Kier molecular flexibility index (Phi) is 5.00. The van der Waals surface area contributed by atoms with E-state index in [0.29, 0.717) is 5.76 Å². The third-order valence-corrected chi connectivity index (χ3v) is 2.76. The summed E-state index contributed by atoms with van der Waals surface area (Å²) in [5.41, 5.74) is -0.554. The predicted octanol–water partition coefficient (Wildman–Crippen LogP) is 2.82. The molecule has 108 valence electrons. The van der Waals surface area contributed by atoms with E-state index in [-0.39, 0.29) is 18.6 Å². The molecule has 0 saturated heterocycles. The molecule has 0 aliphatic heterocycles. The lowest BCUT2D eigenvalue weighted by molar-refractivity contribution is 0.0104. The largest absolute Gasteiger partial charge is 0.467 e. The molecule has 0 spiro atoms. The molecule has 1 heterocycles. The molecule has 0 fully saturated rings. The Labute approximate surface area is 114 Å². The van der Waals surface area contributed by atoms with E-state index >= 15 is 0 Å². The van der Waals surface area contributed by atoms with Gasteiger partial charge in [-0.25, -0.2) is 4.79 Å². The maximum Gasteiger partial charge on any atom is 0.410 e. The Morgan fingerprint density at radius 3 is 2.58 bits per heavy atom. The minimum Gasteiger partial charge on any atom is -0.467 e. The van der Waals surface area contributed by atoms with Gasteiger partial charge in [0.15, 0.2) is 0 Å². The predicted molar refractivity (Wildman–Crippen MR) is 71.7 cm³/mol. The number of hydrogen-bond acceptors (Lipinski definition) is 4. The van der Waals surface area contributed by atoms with E-state index in [1.807, 2.05) is 27.7 Å². The Balaban J connectivity index is 2.89. The van der Waals surface area contributed by atoms with E-state index in [1.165, 1.54) is 4.90 Å². The molecular formula is C14H23NO4. The molecule has 1 amide bonds. The van der Waals surface area contributed by atoms with Gasteiger partial charge in [0.2, 0.25) is 0 Å². The molecule has 0 aliphatic carbocycles. The highest BCUT2D eigenvalue weighted by molar-refractivity contribution is 5.68. The van der Waals surface area contributed by atoms with Gasteiger partial charge in [-0.2, -0.15) is 0 Å². The zero-order valence-electron chi connectivity index (χ0n) is 12.2. The molecule has 1 aromatic heterocycles. The first-order chi connectivity index (χ1) is 8.76. The second kappa shape index (κ2) is 6.10. The molecule has 19 heavy (non-hydrogen) atoms. The molecule has 1 aromatic rings. The summed E-state index contributed by atoms with van der Waals surface area (Å²) in [4.78, 5) is 13.6. The zero-order chi connectivity index (χ0) is 14.6. The van der Waals surface area contributed by atoms with Crippen molar-refractivity contribution in [3.63, 3.8) is 0 Å². The smallest absolute Gasteiger partial charge is 0.410 e. The fourth-order valence-corrected chi connectivity index (χ4v) is 1.86. The number of nitrogens with zero attached hydrogens (tertiary/aromatic N) is 1. The van der Waals surface area contributed by atoms with Crippen molar-refractivity contribution >= 4 is 6.09 Å². The standard InChI is InChI=1S/C14H23NO4/c1-10(9-16)12(11-7-6-8-18-11)15(5)13(17)19-14(2,3)4/h6-8,10,12,16H,9H2,1-5H3/t10-,12+/m1/s1. The van der Waals surface area contributed by atoms with Crippen LogP contribution in [0.5, 0.6) is 0 Å². The summed E-state index contributed by atoms with van der Waals surface area (Å²) in [6.45, 7) is 7.26. The Bertz CT molecular complexity index is 394. The quantitative estimate of drug-likeness (QED) is 0.913. The van der Waals surface area contributed by atoms with Crippen LogP contribution in [0.2, 0.25) is 0 Å². The molecule has 1 rings (SSSR count). The Hall–Kier alpha value is -1.49. The number of rotatable bonds is 4. The second-order valence-corrected chi connectivity index (χ2v) is 5.71. The van der Waals surface area contributed by atoms with Gasteiger partial charge < -0.3 is 19.2 Å². The fourth-order valence-electron chi connectivity index (χ4n) is 1.86. The number of furan rings is 1. The minimum atomic E-state index is -0.554. The van der Waals surface area contributed by atoms with Crippen LogP contribution in [0, 0.1) is 5.92 Å². The summed E-state index contributed by atoms with van der Waals surface area (Å²) >= 11 is 0. The van der Waals surface area contributed by atoms with Crippen molar-refractivity contribution in [2.75, 3.05) is 13.7 Å². The molecule has 5 heteroatoms. The first-order valence-electron chi connectivity index (χ1n) is 6.36. The average Bonchev–Trinajstić information content (AvgIpc) is 2.80.